The van der Waals surface area contributed by atoms with Gasteiger partial charge in [0.25, 0.3) is 0 Å². The van der Waals surface area contributed by atoms with Gasteiger partial charge in [0.2, 0.25) is 10.0 Å². The van der Waals surface area contributed by atoms with Crippen LogP contribution in [0.2, 0.25) is 10.0 Å². The summed E-state index contributed by atoms with van der Waals surface area (Å²) in [6.07, 6.45) is 3.88. The number of nitrogen functional groups attached to an aromatic ring is 1. The zero-order chi connectivity index (χ0) is 15.6. The number of halogens is 2. The summed E-state index contributed by atoms with van der Waals surface area (Å²) in [5.41, 5.74) is 5.99. The summed E-state index contributed by atoms with van der Waals surface area (Å²) in [5, 5.41) is 0.160. The number of benzene rings is 1. The first-order valence-corrected chi connectivity index (χ1v) is 9.30. The molecule has 1 heterocycles. The second-order valence-corrected chi connectivity index (χ2v) is 8.11. The fraction of sp³-hybridized carbons (Fsp3) is 0.571. The molecule has 0 aliphatic carbocycles. The molecule has 21 heavy (non-hydrogen) atoms. The summed E-state index contributed by atoms with van der Waals surface area (Å²) in [5.74, 6) is 0.586. The molecular weight excluding hydrogens is 331 g/mol. The zero-order valence-electron chi connectivity index (χ0n) is 12.0. The number of anilines is 1. The fourth-order valence-corrected chi connectivity index (χ4v) is 5.42. The lowest BCUT2D eigenvalue weighted by molar-refractivity contribution is 0.407. The van der Waals surface area contributed by atoms with Crippen LogP contribution in [0.4, 0.5) is 5.69 Å². The van der Waals surface area contributed by atoms with E-state index in [0.717, 1.165) is 25.7 Å². The maximum absolute atomic E-state index is 12.8. The van der Waals surface area contributed by atoms with Crippen molar-refractivity contribution in [2.45, 2.75) is 37.5 Å². The van der Waals surface area contributed by atoms with Crippen molar-refractivity contribution in [2.24, 2.45) is 5.92 Å². The summed E-state index contributed by atoms with van der Waals surface area (Å²) in [7, 11) is -3.68. The van der Waals surface area contributed by atoms with Crippen molar-refractivity contribution in [1.29, 1.82) is 0 Å². The molecular formula is C14H20Cl2N2O2S. The second kappa shape index (κ2) is 6.73. The molecule has 0 amide bonds. The number of sulfonamides is 1. The predicted octanol–water partition coefficient (Wildman–Crippen LogP) is 3.78. The summed E-state index contributed by atoms with van der Waals surface area (Å²) >= 11 is 12.1. The van der Waals surface area contributed by atoms with Crippen molar-refractivity contribution in [3.63, 3.8) is 0 Å². The number of nitrogens with two attached hydrogens (primary N) is 1. The fourth-order valence-electron chi connectivity index (χ4n) is 2.74. The Balaban J connectivity index is 2.34. The van der Waals surface area contributed by atoms with Gasteiger partial charge in [-0.15, -0.1) is 0 Å². The SMILES string of the molecule is CCC1CCCN(S(=O)(=O)c2c(Cl)cc(N)cc2Cl)CC1. The molecule has 1 fully saturated rings. The van der Waals surface area contributed by atoms with Crippen LogP contribution in [-0.2, 0) is 10.0 Å². The predicted molar refractivity (Wildman–Crippen MR) is 87.3 cm³/mol. The van der Waals surface area contributed by atoms with Gasteiger partial charge in [0.1, 0.15) is 4.90 Å². The van der Waals surface area contributed by atoms with E-state index in [1.54, 1.807) is 0 Å². The molecule has 0 saturated carbocycles. The molecule has 118 valence electrons. The first kappa shape index (κ1) is 16.9. The molecule has 0 aromatic heterocycles. The lowest BCUT2D eigenvalue weighted by Gasteiger charge is -2.21. The normalized spacial score (nSPS) is 21.2. The molecule has 0 spiro atoms. The molecule has 1 saturated heterocycles. The summed E-state index contributed by atoms with van der Waals surface area (Å²) in [6, 6.07) is 2.85. The quantitative estimate of drug-likeness (QED) is 0.843. The third-order valence-electron chi connectivity index (χ3n) is 4.00. The van der Waals surface area contributed by atoms with Crippen LogP contribution < -0.4 is 5.73 Å². The van der Waals surface area contributed by atoms with E-state index in [0.29, 0.717) is 24.7 Å². The molecule has 7 heteroatoms. The molecule has 0 radical (unpaired) electrons. The highest BCUT2D eigenvalue weighted by Gasteiger charge is 2.31. The lowest BCUT2D eigenvalue weighted by Crippen LogP contribution is -2.32. The number of hydrogen-bond donors (Lipinski definition) is 1. The van der Waals surface area contributed by atoms with E-state index in [4.69, 9.17) is 28.9 Å². The minimum Gasteiger partial charge on any atom is -0.399 e. The minimum absolute atomic E-state index is 0.0324. The van der Waals surface area contributed by atoms with Gasteiger partial charge in [-0.3, -0.25) is 0 Å². The molecule has 1 aliphatic rings. The van der Waals surface area contributed by atoms with E-state index in [9.17, 15) is 8.42 Å². The molecule has 1 aromatic rings. The summed E-state index contributed by atoms with van der Waals surface area (Å²) < 4.78 is 27.1. The van der Waals surface area contributed by atoms with Crippen LogP contribution in [-0.4, -0.2) is 25.8 Å². The number of rotatable bonds is 3. The number of hydrogen-bond acceptors (Lipinski definition) is 3. The molecule has 0 bridgehead atoms. The van der Waals surface area contributed by atoms with E-state index in [-0.39, 0.29) is 14.9 Å². The third-order valence-corrected chi connectivity index (χ3v) is 6.82. The first-order chi connectivity index (χ1) is 9.86. The Hall–Kier alpha value is -0.490. The van der Waals surface area contributed by atoms with E-state index in [1.165, 1.54) is 16.4 Å². The molecule has 1 aromatic carbocycles. The van der Waals surface area contributed by atoms with Crippen molar-refractivity contribution >= 4 is 38.9 Å². The van der Waals surface area contributed by atoms with Gasteiger partial charge in [0.05, 0.1) is 10.0 Å². The molecule has 1 atom stereocenters. The number of nitrogens with zero attached hydrogens (tertiary/aromatic N) is 1. The van der Waals surface area contributed by atoms with Crippen LogP contribution in [0.3, 0.4) is 0 Å². The van der Waals surface area contributed by atoms with Crippen LogP contribution in [0, 0.1) is 5.92 Å². The summed E-state index contributed by atoms with van der Waals surface area (Å²) in [4.78, 5) is -0.0324. The van der Waals surface area contributed by atoms with Gasteiger partial charge in [-0.1, -0.05) is 36.5 Å². The van der Waals surface area contributed by atoms with Gasteiger partial charge in [-0.2, -0.15) is 4.31 Å². The second-order valence-electron chi connectivity index (χ2n) is 5.42. The van der Waals surface area contributed by atoms with Crippen LogP contribution >= 0.6 is 23.2 Å². The largest absolute Gasteiger partial charge is 0.399 e. The average Bonchev–Trinajstić information content (AvgIpc) is 2.62. The van der Waals surface area contributed by atoms with Crippen LogP contribution in [0.1, 0.15) is 32.6 Å². The third kappa shape index (κ3) is 3.65. The zero-order valence-corrected chi connectivity index (χ0v) is 14.3. The lowest BCUT2D eigenvalue weighted by atomic mass is 9.98. The highest BCUT2D eigenvalue weighted by atomic mass is 35.5. The molecule has 4 nitrogen and oxygen atoms in total. The van der Waals surface area contributed by atoms with Gasteiger partial charge >= 0.3 is 0 Å². The minimum atomic E-state index is -3.68. The monoisotopic (exact) mass is 350 g/mol. The average molecular weight is 351 g/mol. The summed E-state index contributed by atoms with van der Waals surface area (Å²) in [6.45, 7) is 3.16. The highest BCUT2D eigenvalue weighted by molar-refractivity contribution is 7.89. The van der Waals surface area contributed by atoms with E-state index in [2.05, 4.69) is 6.92 Å². The van der Waals surface area contributed by atoms with Crippen LogP contribution in [0.15, 0.2) is 17.0 Å². The molecule has 2 N–H and O–H groups in total. The van der Waals surface area contributed by atoms with E-state index >= 15 is 0 Å². The molecule has 1 aliphatic heterocycles. The topological polar surface area (TPSA) is 63.4 Å². The van der Waals surface area contributed by atoms with Crippen molar-refractivity contribution in [3.8, 4) is 0 Å². The van der Waals surface area contributed by atoms with Crippen molar-refractivity contribution in [2.75, 3.05) is 18.8 Å². The Morgan fingerprint density at radius 2 is 1.86 bits per heavy atom. The van der Waals surface area contributed by atoms with E-state index in [1.807, 2.05) is 0 Å². The van der Waals surface area contributed by atoms with Gasteiger partial charge < -0.3 is 5.73 Å². The smallest absolute Gasteiger partial charge is 0.246 e. The Labute approximate surface area is 136 Å². The Morgan fingerprint density at radius 1 is 1.24 bits per heavy atom. The van der Waals surface area contributed by atoms with Crippen molar-refractivity contribution in [1.82, 2.24) is 4.31 Å². The highest BCUT2D eigenvalue weighted by Crippen LogP contribution is 2.35. The van der Waals surface area contributed by atoms with Gasteiger partial charge in [0.15, 0.2) is 0 Å². The standard InChI is InChI=1S/C14H20Cl2N2O2S/c1-2-10-4-3-6-18(7-5-10)21(19,20)14-12(15)8-11(17)9-13(14)16/h8-10H,2-7,17H2,1H3. The first-order valence-electron chi connectivity index (χ1n) is 7.11. The van der Waals surface area contributed by atoms with Gasteiger partial charge in [0, 0.05) is 18.8 Å². The van der Waals surface area contributed by atoms with Gasteiger partial charge in [-0.05, 0) is 37.3 Å². The van der Waals surface area contributed by atoms with E-state index < -0.39 is 10.0 Å². The maximum atomic E-state index is 12.8. The van der Waals surface area contributed by atoms with Crippen LogP contribution in [0.25, 0.3) is 0 Å². The van der Waals surface area contributed by atoms with Crippen molar-refractivity contribution < 1.29 is 8.42 Å². The Kier molecular flexibility index (Phi) is 5.41. The van der Waals surface area contributed by atoms with Crippen molar-refractivity contribution in [3.05, 3.63) is 22.2 Å². The molecule has 1 unspecified atom stereocenters. The van der Waals surface area contributed by atoms with Crippen LogP contribution in [0.5, 0.6) is 0 Å². The Morgan fingerprint density at radius 3 is 2.43 bits per heavy atom. The molecule has 2 rings (SSSR count). The van der Waals surface area contributed by atoms with Gasteiger partial charge in [-0.25, -0.2) is 8.42 Å². The maximum Gasteiger partial charge on any atom is 0.246 e. The Bertz CT molecular complexity index is 596.